The third kappa shape index (κ3) is 2.51. The van der Waals surface area contributed by atoms with Crippen LogP contribution in [0, 0.1) is 13.8 Å². The number of carbonyl (C=O) groups excluding carboxylic acids is 1. The van der Waals surface area contributed by atoms with Crippen molar-refractivity contribution >= 4 is 11.7 Å². The lowest BCUT2D eigenvalue weighted by atomic mass is 9.79. The summed E-state index contributed by atoms with van der Waals surface area (Å²) in [6.45, 7) is 4.41. The maximum Gasteiger partial charge on any atom is 0.337 e. The second-order valence-corrected chi connectivity index (χ2v) is 6.72. The summed E-state index contributed by atoms with van der Waals surface area (Å²) >= 11 is 0. The van der Waals surface area contributed by atoms with Gasteiger partial charge in [0.05, 0.1) is 25.5 Å². The second kappa shape index (κ2) is 6.09. The average molecular weight is 351 g/mol. The molecule has 2 aliphatic heterocycles. The van der Waals surface area contributed by atoms with Gasteiger partial charge in [0.15, 0.2) is 0 Å². The van der Waals surface area contributed by atoms with Crippen molar-refractivity contribution in [2.24, 2.45) is 0 Å². The van der Waals surface area contributed by atoms with Crippen molar-refractivity contribution in [3.8, 4) is 11.5 Å². The van der Waals surface area contributed by atoms with Crippen molar-refractivity contribution < 1.29 is 19.0 Å². The van der Waals surface area contributed by atoms with Gasteiger partial charge in [-0.15, -0.1) is 0 Å². The Balaban J connectivity index is 1.98. The number of hydrogen-bond acceptors (Lipinski definition) is 5. The molecule has 0 saturated heterocycles. The largest absolute Gasteiger partial charge is 0.497 e. The van der Waals surface area contributed by atoms with E-state index < -0.39 is 0 Å². The molecular weight excluding hydrogens is 330 g/mol. The molecule has 0 spiro atoms. The molecule has 134 valence electrons. The van der Waals surface area contributed by atoms with E-state index >= 15 is 0 Å². The number of rotatable bonds is 3. The first-order valence-corrected chi connectivity index (χ1v) is 8.53. The van der Waals surface area contributed by atoms with Crippen molar-refractivity contribution in [1.29, 1.82) is 0 Å². The number of ether oxygens (including phenoxy) is 3. The summed E-state index contributed by atoms with van der Waals surface area (Å²) in [6.07, 6.45) is 0. The first-order valence-electron chi connectivity index (χ1n) is 8.53. The number of carbonyl (C=O) groups is 1. The van der Waals surface area contributed by atoms with Crippen LogP contribution in [0.1, 0.15) is 28.2 Å². The van der Waals surface area contributed by atoms with Crippen LogP contribution in [0.15, 0.2) is 41.6 Å². The predicted molar refractivity (Wildman–Crippen MR) is 98.9 cm³/mol. The first-order chi connectivity index (χ1) is 12.5. The molecule has 2 aliphatic rings. The number of esters is 1. The van der Waals surface area contributed by atoms with E-state index in [1.807, 2.05) is 18.2 Å². The van der Waals surface area contributed by atoms with Crippen LogP contribution in [0.3, 0.4) is 0 Å². The molecule has 4 rings (SSSR count). The van der Waals surface area contributed by atoms with Gasteiger partial charge >= 0.3 is 5.97 Å². The fourth-order valence-electron chi connectivity index (χ4n) is 3.86. The number of aryl methyl sites for hydroxylation is 2. The summed E-state index contributed by atoms with van der Waals surface area (Å²) in [5.74, 6) is 0.887. The fourth-order valence-corrected chi connectivity index (χ4v) is 3.86. The molecule has 0 fully saturated rings. The molecule has 5 heteroatoms. The van der Waals surface area contributed by atoms with Gasteiger partial charge in [-0.05, 0) is 42.7 Å². The van der Waals surface area contributed by atoms with Crippen LogP contribution < -0.4 is 14.8 Å². The average Bonchev–Trinajstić information content (AvgIpc) is 3.00. The molecule has 2 aromatic rings. The monoisotopic (exact) mass is 351 g/mol. The van der Waals surface area contributed by atoms with Gasteiger partial charge in [-0.2, -0.15) is 0 Å². The van der Waals surface area contributed by atoms with Gasteiger partial charge in [0.1, 0.15) is 18.1 Å². The van der Waals surface area contributed by atoms with Crippen LogP contribution in [0.5, 0.6) is 11.5 Å². The maximum atomic E-state index is 12.5. The highest BCUT2D eigenvalue weighted by atomic mass is 16.5. The third-order valence-corrected chi connectivity index (χ3v) is 4.99. The summed E-state index contributed by atoms with van der Waals surface area (Å²) in [5, 5.41) is 3.41. The molecule has 1 atom stereocenters. The molecule has 0 aromatic heterocycles. The number of benzene rings is 2. The molecular formula is C21H21NO4. The molecule has 0 amide bonds. The summed E-state index contributed by atoms with van der Waals surface area (Å²) in [6, 6.07) is 10.0. The van der Waals surface area contributed by atoms with Gasteiger partial charge in [-0.1, -0.05) is 17.7 Å². The van der Waals surface area contributed by atoms with E-state index in [-0.39, 0.29) is 18.5 Å². The zero-order chi connectivity index (χ0) is 18.4. The molecule has 0 saturated carbocycles. The smallest absolute Gasteiger partial charge is 0.337 e. The predicted octanol–water partition coefficient (Wildman–Crippen LogP) is 3.69. The van der Waals surface area contributed by atoms with E-state index in [0.29, 0.717) is 17.1 Å². The van der Waals surface area contributed by atoms with Crippen molar-refractivity contribution in [1.82, 2.24) is 0 Å². The Morgan fingerprint density at radius 3 is 2.38 bits per heavy atom. The molecule has 26 heavy (non-hydrogen) atoms. The van der Waals surface area contributed by atoms with E-state index in [1.54, 1.807) is 14.2 Å². The summed E-state index contributed by atoms with van der Waals surface area (Å²) < 4.78 is 16.2. The lowest BCUT2D eigenvalue weighted by molar-refractivity contribution is -0.136. The second-order valence-electron chi connectivity index (χ2n) is 6.72. The molecule has 0 radical (unpaired) electrons. The van der Waals surface area contributed by atoms with Gasteiger partial charge in [-0.3, -0.25) is 0 Å². The SMILES string of the molecule is COc1cc(OC)cc(C2C3=C(COC3=O)Nc3c(C)cc(C)cc32)c1. The quantitative estimate of drug-likeness (QED) is 0.855. The van der Waals surface area contributed by atoms with Crippen LogP contribution in [0.25, 0.3) is 0 Å². The Hall–Kier alpha value is -2.95. The first kappa shape index (κ1) is 16.5. The lowest BCUT2D eigenvalue weighted by Crippen LogP contribution is -2.21. The zero-order valence-electron chi connectivity index (χ0n) is 15.3. The lowest BCUT2D eigenvalue weighted by Gasteiger charge is -2.29. The topological polar surface area (TPSA) is 56.8 Å². The van der Waals surface area contributed by atoms with E-state index in [4.69, 9.17) is 14.2 Å². The Labute approximate surface area is 152 Å². The van der Waals surface area contributed by atoms with Gasteiger partial charge in [-0.25, -0.2) is 4.79 Å². The van der Waals surface area contributed by atoms with E-state index in [0.717, 1.165) is 33.6 Å². The van der Waals surface area contributed by atoms with Gasteiger partial charge in [0.25, 0.3) is 0 Å². The van der Waals surface area contributed by atoms with E-state index in [9.17, 15) is 4.79 Å². The standard InChI is InChI=1S/C21H21NO4/c1-11-5-12(2)20-16(6-11)18(19-17(22-20)10-26-21(19)23)13-7-14(24-3)9-15(8-13)25-4/h5-9,18,22H,10H2,1-4H3. The number of fused-ring (bicyclic) bond motifs is 1. The van der Waals surface area contributed by atoms with Crippen LogP contribution in [-0.2, 0) is 9.53 Å². The number of cyclic esters (lactones) is 1. The van der Waals surface area contributed by atoms with Gasteiger partial charge in [0, 0.05) is 17.7 Å². The Kier molecular flexibility index (Phi) is 3.87. The highest BCUT2D eigenvalue weighted by Gasteiger charge is 2.39. The third-order valence-electron chi connectivity index (χ3n) is 4.99. The Morgan fingerprint density at radius 1 is 1.04 bits per heavy atom. The number of hydrogen-bond donors (Lipinski definition) is 1. The van der Waals surface area contributed by atoms with Crippen LogP contribution in [-0.4, -0.2) is 26.8 Å². The zero-order valence-corrected chi connectivity index (χ0v) is 15.3. The molecule has 0 aliphatic carbocycles. The number of anilines is 1. The van der Waals surface area contributed by atoms with Gasteiger partial charge < -0.3 is 19.5 Å². The van der Waals surface area contributed by atoms with E-state index in [2.05, 4.69) is 31.3 Å². The van der Waals surface area contributed by atoms with Crippen LogP contribution in [0.2, 0.25) is 0 Å². The van der Waals surface area contributed by atoms with Gasteiger partial charge in [0.2, 0.25) is 0 Å². The molecule has 0 bridgehead atoms. The van der Waals surface area contributed by atoms with Crippen molar-refractivity contribution in [2.75, 3.05) is 26.1 Å². The Morgan fingerprint density at radius 2 is 1.73 bits per heavy atom. The van der Waals surface area contributed by atoms with Crippen molar-refractivity contribution in [3.63, 3.8) is 0 Å². The van der Waals surface area contributed by atoms with Crippen molar-refractivity contribution in [2.45, 2.75) is 19.8 Å². The van der Waals surface area contributed by atoms with Crippen LogP contribution in [0.4, 0.5) is 5.69 Å². The van der Waals surface area contributed by atoms with Crippen molar-refractivity contribution in [3.05, 3.63) is 63.9 Å². The molecule has 2 heterocycles. The highest BCUT2D eigenvalue weighted by Crippen LogP contribution is 2.47. The Bertz CT molecular complexity index is 923. The number of methoxy groups -OCH3 is 2. The highest BCUT2D eigenvalue weighted by molar-refractivity contribution is 5.97. The maximum absolute atomic E-state index is 12.5. The van der Waals surface area contributed by atoms with Crippen LogP contribution >= 0.6 is 0 Å². The minimum Gasteiger partial charge on any atom is -0.497 e. The number of nitrogens with one attached hydrogen (secondary N) is 1. The normalized spacial score (nSPS) is 18.0. The molecule has 2 aromatic carbocycles. The van der Waals surface area contributed by atoms with E-state index in [1.165, 1.54) is 0 Å². The molecule has 1 N–H and O–H groups in total. The molecule has 1 unspecified atom stereocenters. The minimum atomic E-state index is -0.274. The summed E-state index contributed by atoms with van der Waals surface area (Å²) in [7, 11) is 3.25. The molecule has 5 nitrogen and oxygen atoms in total. The summed E-state index contributed by atoms with van der Waals surface area (Å²) in [4.78, 5) is 12.5. The minimum absolute atomic E-state index is 0.223. The summed E-state index contributed by atoms with van der Waals surface area (Å²) in [5.41, 5.74) is 6.85. The fraction of sp³-hybridized carbons (Fsp3) is 0.286.